The number of Topliss-reactive ketones (excluding diaryl/α,β-unsaturated/α-hetero) is 1. The summed E-state index contributed by atoms with van der Waals surface area (Å²) in [6, 6.07) is 5.78. The van der Waals surface area contributed by atoms with Crippen molar-refractivity contribution in [2.24, 2.45) is 0 Å². The molecule has 3 rings (SSSR count). The van der Waals surface area contributed by atoms with Crippen LogP contribution < -0.4 is 9.62 Å². The molecule has 1 aromatic heterocycles. The number of carbonyl (C=O) groups excluding carboxylic acids is 1. The number of hydrogen-bond donors (Lipinski definition) is 1. The van der Waals surface area contributed by atoms with E-state index in [-0.39, 0.29) is 10.7 Å². The molecular formula is C16H18N4O3S. The minimum atomic E-state index is -3.74. The molecule has 1 saturated heterocycles. The van der Waals surface area contributed by atoms with Gasteiger partial charge in [-0.2, -0.15) is 0 Å². The quantitative estimate of drug-likeness (QED) is 0.833. The van der Waals surface area contributed by atoms with Gasteiger partial charge in [-0.3, -0.25) is 9.52 Å². The van der Waals surface area contributed by atoms with Gasteiger partial charge in [0.05, 0.1) is 23.0 Å². The van der Waals surface area contributed by atoms with Crippen LogP contribution in [0.15, 0.2) is 41.6 Å². The van der Waals surface area contributed by atoms with Crippen molar-refractivity contribution in [2.75, 3.05) is 22.7 Å². The zero-order chi connectivity index (χ0) is 17.2. The van der Waals surface area contributed by atoms with Crippen molar-refractivity contribution in [1.82, 2.24) is 9.97 Å². The number of ketones is 1. The summed E-state index contributed by atoms with van der Waals surface area (Å²) in [4.78, 5) is 21.8. The fraction of sp³-hybridized carbons (Fsp3) is 0.312. The van der Waals surface area contributed by atoms with Gasteiger partial charge in [0.25, 0.3) is 10.0 Å². The zero-order valence-corrected chi connectivity index (χ0v) is 14.1. The molecule has 0 bridgehead atoms. The van der Waals surface area contributed by atoms with Gasteiger partial charge in [0.2, 0.25) is 5.95 Å². The summed E-state index contributed by atoms with van der Waals surface area (Å²) >= 11 is 0. The predicted octanol–water partition coefficient (Wildman–Crippen LogP) is 2.08. The molecule has 1 aromatic carbocycles. The molecule has 1 fully saturated rings. The van der Waals surface area contributed by atoms with E-state index in [1.54, 1.807) is 0 Å². The monoisotopic (exact) mass is 346 g/mol. The second-order valence-corrected chi connectivity index (χ2v) is 7.33. The Labute approximate surface area is 140 Å². The summed E-state index contributed by atoms with van der Waals surface area (Å²) in [5.74, 6) is 0.499. The van der Waals surface area contributed by atoms with Crippen LogP contribution in [0, 0.1) is 0 Å². The molecule has 0 amide bonds. The van der Waals surface area contributed by atoms with Gasteiger partial charge in [0, 0.05) is 18.7 Å². The van der Waals surface area contributed by atoms with Crippen molar-refractivity contribution in [3.05, 3.63) is 42.2 Å². The number of sulfonamides is 1. The SMILES string of the molecule is CC(=O)c1ccc(S(=O)(=O)Nc2cnc(N3CCCC3)nc2)cc1. The number of benzene rings is 1. The number of nitrogens with one attached hydrogen (secondary N) is 1. The van der Waals surface area contributed by atoms with E-state index in [0.29, 0.717) is 17.2 Å². The highest BCUT2D eigenvalue weighted by molar-refractivity contribution is 7.92. The Morgan fingerprint density at radius 2 is 1.67 bits per heavy atom. The highest BCUT2D eigenvalue weighted by Crippen LogP contribution is 2.19. The maximum atomic E-state index is 12.4. The maximum absolute atomic E-state index is 12.4. The number of carbonyl (C=O) groups is 1. The first kappa shape index (κ1) is 16.4. The third-order valence-electron chi connectivity index (χ3n) is 3.85. The Bertz CT molecular complexity index is 827. The first-order valence-electron chi connectivity index (χ1n) is 7.66. The number of rotatable bonds is 5. The number of aromatic nitrogens is 2. The van der Waals surface area contributed by atoms with Crippen LogP contribution in [-0.4, -0.2) is 37.3 Å². The maximum Gasteiger partial charge on any atom is 0.261 e. The molecule has 1 aliphatic rings. The van der Waals surface area contributed by atoms with E-state index in [2.05, 4.69) is 19.6 Å². The van der Waals surface area contributed by atoms with E-state index in [0.717, 1.165) is 25.9 Å². The largest absolute Gasteiger partial charge is 0.341 e. The third kappa shape index (κ3) is 3.53. The summed E-state index contributed by atoms with van der Waals surface area (Å²) in [5, 5.41) is 0. The molecule has 2 heterocycles. The van der Waals surface area contributed by atoms with Crippen LogP contribution in [0.3, 0.4) is 0 Å². The lowest BCUT2D eigenvalue weighted by Crippen LogP contribution is -2.20. The summed E-state index contributed by atoms with van der Waals surface area (Å²) in [6.07, 6.45) is 5.16. The highest BCUT2D eigenvalue weighted by Gasteiger charge is 2.17. The van der Waals surface area contributed by atoms with Crippen molar-refractivity contribution in [3.8, 4) is 0 Å². The smallest absolute Gasteiger partial charge is 0.261 e. The van der Waals surface area contributed by atoms with Crippen LogP contribution in [0.5, 0.6) is 0 Å². The van der Waals surface area contributed by atoms with Crippen molar-refractivity contribution in [3.63, 3.8) is 0 Å². The van der Waals surface area contributed by atoms with Gasteiger partial charge in [-0.1, -0.05) is 12.1 Å². The van der Waals surface area contributed by atoms with Crippen molar-refractivity contribution in [2.45, 2.75) is 24.7 Å². The van der Waals surface area contributed by atoms with Crippen molar-refractivity contribution < 1.29 is 13.2 Å². The topological polar surface area (TPSA) is 92.3 Å². The summed E-state index contributed by atoms with van der Waals surface area (Å²) in [6.45, 7) is 3.28. The van der Waals surface area contributed by atoms with E-state index < -0.39 is 10.0 Å². The lowest BCUT2D eigenvalue weighted by Gasteiger charge is -2.15. The summed E-state index contributed by atoms with van der Waals surface area (Å²) < 4.78 is 27.2. The molecule has 1 N–H and O–H groups in total. The van der Waals surface area contributed by atoms with Gasteiger partial charge in [-0.05, 0) is 31.9 Å². The van der Waals surface area contributed by atoms with Gasteiger partial charge in [-0.15, -0.1) is 0 Å². The Morgan fingerprint density at radius 3 is 2.21 bits per heavy atom. The standard InChI is InChI=1S/C16H18N4O3S/c1-12(21)13-4-6-15(7-5-13)24(22,23)19-14-10-17-16(18-11-14)20-8-2-3-9-20/h4-7,10-11,19H,2-3,8-9H2,1H3. The van der Waals surface area contributed by atoms with E-state index in [4.69, 9.17) is 0 Å². The fourth-order valence-electron chi connectivity index (χ4n) is 2.54. The number of nitrogens with zero attached hydrogens (tertiary/aromatic N) is 3. The fourth-order valence-corrected chi connectivity index (χ4v) is 3.57. The molecule has 126 valence electrons. The molecule has 0 spiro atoms. The Balaban J connectivity index is 1.75. The average Bonchev–Trinajstić information content (AvgIpc) is 3.10. The average molecular weight is 346 g/mol. The molecule has 0 radical (unpaired) electrons. The molecule has 2 aromatic rings. The Kier molecular flexibility index (Phi) is 4.48. The van der Waals surface area contributed by atoms with Crippen molar-refractivity contribution in [1.29, 1.82) is 0 Å². The molecular weight excluding hydrogens is 328 g/mol. The molecule has 1 aliphatic heterocycles. The van der Waals surface area contributed by atoms with Crippen LogP contribution in [0.1, 0.15) is 30.1 Å². The van der Waals surface area contributed by atoms with E-state index in [9.17, 15) is 13.2 Å². The molecule has 8 heteroatoms. The lowest BCUT2D eigenvalue weighted by molar-refractivity contribution is 0.101. The van der Waals surface area contributed by atoms with Crippen molar-refractivity contribution >= 4 is 27.4 Å². The molecule has 24 heavy (non-hydrogen) atoms. The Morgan fingerprint density at radius 1 is 1.08 bits per heavy atom. The van der Waals surface area contributed by atoms with Gasteiger partial charge in [-0.25, -0.2) is 18.4 Å². The van der Waals surface area contributed by atoms with Gasteiger partial charge >= 0.3 is 0 Å². The third-order valence-corrected chi connectivity index (χ3v) is 5.25. The van der Waals surface area contributed by atoms with Crippen LogP contribution in [0.25, 0.3) is 0 Å². The number of hydrogen-bond acceptors (Lipinski definition) is 6. The number of anilines is 2. The second-order valence-electron chi connectivity index (χ2n) is 5.65. The predicted molar refractivity (Wildman–Crippen MR) is 90.7 cm³/mol. The summed E-state index contributed by atoms with van der Waals surface area (Å²) in [7, 11) is -3.74. The van der Waals surface area contributed by atoms with Crippen LogP contribution in [0.2, 0.25) is 0 Å². The van der Waals surface area contributed by atoms with Crippen LogP contribution >= 0.6 is 0 Å². The van der Waals surface area contributed by atoms with Crippen LogP contribution in [-0.2, 0) is 10.0 Å². The van der Waals surface area contributed by atoms with E-state index >= 15 is 0 Å². The van der Waals surface area contributed by atoms with Crippen LogP contribution in [0.4, 0.5) is 11.6 Å². The molecule has 0 atom stereocenters. The highest BCUT2D eigenvalue weighted by atomic mass is 32.2. The minimum absolute atomic E-state index is 0.0797. The zero-order valence-electron chi connectivity index (χ0n) is 13.3. The Hall–Kier alpha value is -2.48. The first-order valence-corrected chi connectivity index (χ1v) is 9.15. The van der Waals surface area contributed by atoms with E-state index in [1.165, 1.54) is 43.6 Å². The van der Waals surface area contributed by atoms with Gasteiger partial charge in [0.15, 0.2) is 5.78 Å². The lowest BCUT2D eigenvalue weighted by atomic mass is 10.2. The molecule has 0 aliphatic carbocycles. The van der Waals surface area contributed by atoms with Gasteiger partial charge in [0.1, 0.15) is 0 Å². The molecule has 0 saturated carbocycles. The second kappa shape index (κ2) is 6.56. The summed E-state index contributed by atoms with van der Waals surface area (Å²) in [5.41, 5.74) is 0.765. The first-order chi connectivity index (χ1) is 11.5. The normalized spacial score (nSPS) is 14.6. The van der Waals surface area contributed by atoms with E-state index in [1.807, 2.05) is 0 Å². The molecule has 0 unspecified atom stereocenters. The van der Waals surface area contributed by atoms with Gasteiger partial charge < -0.3 is 4.90 Å². The molecule has 7 nitrogen and oxygen atoms in total. The minimum Gasteiger partial charge on any atom is -0.341 e.